The molecule has 0 aliphatic rings. The molecule has 0 radical (unpaired) electrons. The van der Waals surface area contributed by atoms with Gasteiger partial charge >= 0.3 is 0 Å². The van der Waals surface area contributed by atoms with E-state index in [0.717, 1.165) is 28.5 Å². The van der Waals surface area contributed by atoms with E-state index in [2.05, 4.69) is 49.1 Å². The molecule has 0 aliphatic heterocycles. The maximum Gasteiger partial charge on any atom is 0.146 e. The standard InChI is InChI=1S/C30H27F/c1-3-4-5-6-23-11-14-25(15-12-23)27-19-20-29-28(21-27)18-17-26(30(29)31)16-13-24-9-7-22(2)8-10-24/h7-12,14-15,17-21H,3-6H2,1-2H3. The summed E-state index contributed by atoms with van der Waals surface area (Å²) >= 11 is 0. The third-order valence-corrected chi connectivity index (χ3v) is 5.70. The Hall–Kier alpha value is -3.37. The molecule has 154 valence electrons. The second kappa shape index (κ2) is 9.63. The highest BCUT2D eigenvalue weighted by Crippen LogP contribution is 2.28. The van der Waals surface area contributed by atoms with Crippen LogP contribution < -0.4 is 0 Å². The van der Waals surface area contributed by atoms with Crippen LogP contribution in [0.15, 0.2) is 78.9 Å². The molecule has 0 bridgehead atoms. The van der Waals surface area contributed by atoms with E-state index < -0.39 is 0 Å². The van der Waals surface area contributed by atoms with Crippen molar-refractivity contribution in [2.45, 2.75) is 39.5 Å². The third-order valence-electron chi connectivity index (χ3n) is 5.70. The molecule has 0 saturated carbocycles. The zero-order valence-electron chi connectivity index (χ0n) is 18.2. The lowest BCUT2D eigenvalue weighted by Gasteiger charge is -2.08. The molecule has 0 heterocycles. The van der Waals surface area contributed by atoms with E-state index in [4.69, 9.17) is 0 Å². The van der Waals surface area contributed by atoms with Gasteiger partial charge in [-0.3, -0.25) is 0 Å². The molecule has 0 N–H and O–H groups in total. The summed E-state index contributed by atoms with van der Waals surface area (Å²) in [4.78, 5) is 0. The van der Waals surface area contributed by atoms with Gasteiger partial charge < -0.3 is 0 Å². The zero-order valence-corrected chi connectivity index (χ0v) is 18.2. The summed E-state index contributed by atoms with van der Waals surface area (Å²) in [6.45, 7) is 4.27. The van der Waals surface area contributed by atoms with Crippen LogP contribution in [0.4, 0.5) is 4.39 Å². The third kappa shape index (κ3) is 5.04. The Morgan fingerprint density at radius 3 is 2.23 bits per heavy atom. The van der Waals surface area contributed by atoms with Gasteiger partial charge in [-0.1, -0.05) is 91.8 Å². The number of unbranched alkanes of at least 4 members (excludes halogenated alkanes) is 2. The normalized spacial score (nSPS) is 10.7. The van der Waals surface area contributed by atoms with E-state index >= 15 is 4.39 Å². The SMILES string of the molecule is CCCCCc1ccc(-c2ccc3c(F)c(C#Cc4ccc(C)cc4)ccc3c2)cc1. The summed E-state index contributed by atoms with van der Waals surface area (Å²) in [6.07, 6.45) is 4.88. The Morgan fingerprint density at radius 2 is 1.48 bits per heavy atom. The molecule has 4 rings (SSSR count). The Morgan fingerprint density at radius 1 is 0.742 bits per heavy atom. The van der Waals surface area contributed by atoms with E-state index in [-0.39, 0.29) is 5.82 Å². The lowest BCUT2D eigenvalue weighted by atomic mass is 9.98. The average Bonchev–Trinajstić information content (AvgIpc) is 2.80. The zero-order chi connectivity index (χ0) is 21.6. The van der Waals surface area contributed by atoms with Crippen molar-refractivity contribution < 1.29 is 4.39 Å². The van der Waals surface area contributed by atoms with E-state index in [1.807, 2.05) is 49.4 Å². The molecule has 0 aromatic heterocycles. The molecule has 0 spiro atoms. The topological polar surface area (TPSA) is 0 Å². The maximum absolute atomic E-state index is 15.1. The first kappa shape index (κ1) is 20.9. The maximum atomic E-state index is 15.1. The van der Waals surface area contributed by atoms with Crippen LogP contribution in [0, 0.1) is 24.6 Å². The fourth-order valence-corrected chi connectivity index (χ4v) is 3.79. The monoisotopic (exact) mass is 406 g/mol. The van der Waals surface area contributed by atoms with E-state index in [1.54, 1.807) is 6.07 Å². The Kier molecular flexibility index (Phi) is 6.48. The largest absolute Gasteiger partial charge is 0.205 e. The molecule has 4 aromatic carbocycles. The first-order valence-electron chi connectivity index (χ1n) is 11.0. The molecule has 0 atom stereocenters. The van der Waals surface area contributed by atoms with Crippen molar-refractivity contribution >= 4 is 10.8 Å². The minimum absolute atomic E-state index is 0.255. The Balaban J connectivity index is 1.58. The highest BCUT2D eigenvalue weighted by Gasteiger charge is 2.07. The van der Waals surface area contributed by atoms with Gasteiger partial charge in [0.15, 0.2) is 0 Å². The molecular weight excluding hydrogens is 379 g/mol. The van der Waals surface area contributed by atoms with Gasteiger partial charge in [-0.25, -0.2) is 4.39 Å². The van der Waals surface area contributed by atoms with Crippen molar-refractivity contribution in [3.63, 3.8) is 0 Å². The van der Waals surface area contributed by atoms with E-state index in [9.17, 15) is 0 Å². The van der Waals surface area contributed by atoms with Crippen molar-refractivity contribution in [1.82, 2.24) is 0 Å². The number of benzene rings is 4. The summed E-state index contributed by atoms with van der Waals surface area (Å²) in [6, 6.07) is 26.4. The summed E-state index contributed by atoms with van der Waals surface area (Å²) in [5, 5.41) is 1.50. The Labute approximate surface area is 184 Å². The number of rotatable bonds is 5. The molecule has 1 heteroatoms. The summed E-state index contributed by atoms with van der Waals surface area (Å²) in [7, 11) is 0. The number of fused-ring (bicyclic) bond motifs is 1. The molecule has 0 unspecified atom stereocenters. The van der Waals surface area contributed by atoms with Gasteiger partial charge in [0.25, 0.3) is 0 Å². The second-order valence-corrected chi connectivity index (χ2v) is 8.13. The number of hydrogen-bond donors (Lipinski definition) is 0. The van der Waals surface area contributed by atoms with Gasteiger partial charge in [-0.05, 0) is 66.1 Å². The van der Waals surface area contributed by atoms with Crippen LogP contribution in [-0.2, 0) is 6.42 Å². The van der Waals surface area contributed by atoms with Gasteiger partial charge in [0.1, 0.15) is 5.82 Å². The van der Waals surface area contributed by atoms with Crippen LogP contribution in [0.2, 0.25) is 0 Å². The van der Waals surface area contributed by atoms with Gasteiger partial charge in [0.05, 0.1) is 5.56 Å². The van der Waals surface area contributed by atoms with Crippen molar-refractivity contribution in [1.29, 1.82) is 0 Å². The molecule has 0 saturated heterocycles. The van der Waals surface area contributed by atoms with Gasteiger partial charge in [0.2, 0.25) is 0 Å². The Bertz CT molecular complexity index is 1240. The minimum atomic E-state index is -0.255. The quantitative estimate of drug-likeness (QED) is 0.232. The predicted octanol–water partition coefficient (Wildman–Crippen LogP) is 8.09. The summed E-state index contributed by atoms with van der Waals surface area (Å²) in [5.74, 6) is 5.80. The molecule has 0 aliphatic carbocycles. The van der Waals surface area contributed by atoms with Crippen molar-refractivity contribution in [2.24, 2.45) is 0 Å². The molecule has 0 fully saturated rings. The van der Waals surface area contributed by atoms with Crippen LogP contribution >= 0.6 is 0 Å². The van der Waals surface area contributed by atoms with Crippen LogP contribution in [0.1, 0.15) is 48.4 Å². The highest BCUT2D eigenvalue weighted by atomic mass is 19.1. The average molecular weight is 407 g/mol. The fourth-order valence-electron chi connectivity index (χ4n) is 3.79. The molecule has 31 heavy (non-hydrogen) atoms. The first-order valence-corrected chi connectivity index (χ1v) is 11.0. The van der Waals surface area contributed by atoms with E-state index in [0.29, 0.717) is 10.9 Å². The number of hydrogen-bond acceptors (Lipinski definition) is 0. The second-order valence-electron chi connectivity index (χ2n) is 8.13. The van der Waals surface area contributed by atoms with Crippen molar-refractivity contribution in [3.8, 4) is 23.0 Å². The lowest BCUT2D eigenvalue weighted by molar-refractivity contribution is 0.636. The lowest BCUT2D eigenvalue weighted by Crippen LogP contribution is -1.89. The van der Waals surface area contributed by atoms with Crippen LogP contribution in [0.25, 0.3) is 21.9 Å². The van der Waals surface area contributed by atoms with Crippen LogP contribution in [-0.4, -0.2) is 0 Å². The molecular formula is C30H27F. The molecule has 4 aromatic rings. The predicted molar refractivity (Wildman–Crippen MR) is 130 cm³/mol. The van der Waals surface area contributed by atoms with Crippen LogP contribution in [0.3, 0.4) is 0 Å². The number of halogens is 1. The van der Waals surface area contributed by atoms with Gasteiger partial charge in [-0.2, -0.15) is 0 Å². The molecule has 0 amide bonds. The molecule has 0 nitrogen and oxygen atoms in total. The van der Waals surface area contributed by atoms with Crippen molar-refractivity contribution in [3.05, 3.63) is 107 Å². The smallest absolute Gasteiger partial charge is 0.146 e. The van der Waals surface area contributed by atoms with Crippen molar-refractivity contribution in [2.75, 3.05) is 0 Å². The van der Waals surface area contributed by atoms with Gasteiger partial charge in [0, 0.05) is 10.9 Å². The fraction of sp³-hybridized carbons (Fsp3) is 0.200. The summed E-state index contributed by atoms with van der Waals surface area (Å²) in [5.41, 5.74) is 6.14. The van der Waals surface area contributed by atoms with Crippen LogP contribution in [0.5, 0.6) is 0 Å². The summed E-state index contributed by atoms with van der Waals surface area (Å²) < 4.78 is 15.1. The minimum Gasteiger partial charge on any atom is -0.205 e. The number of aryl methyl sites for hydroxylation is 2. The highest BCUT2D eigenvalue weighted by molar-refractivity contribution is 5.89. The first-order chi connectivity index (χ1) is 15.1. The van der Waals surface area contributed by atoms with E-state index in [1.165, 1.54) is 30.4 Å². The van der Waals surface area contributed by atoms with Gasteiger partial charge in [-0.15, -0.1) is 0 Å².